The van der Waals surface area contributed by atoms with Crippen molar-refractivity contribution >= 4 is 0 Å². The lowest BCUT2D eigenvalue weighted by Crippen LogP contribution is -2.41. The Labute approximate surface area is 136 Å². The third-order valence-corrected chi connectivity index (χ3v) is 4.66. The second kappa shape index (κ2) is 4.39. The van der Waals surface area contributed by atoms with Crippen molar-refractivity contribution in [1.29, 1.82) is 0 Å². The topological polar surface area (TPSA) is 86.6 Å². The first-order valence-electron chi connectivity index (χ1n) is 7.47. The molecule has 3 heterocycles. The van der Waals surface area contributed by atoms with E-state index < -0.39 is 11.7 Å². The molecular weight excluding hydrogens is 316 g/mol. The predicted molar refractivity (Wildman–Crippen MR) is 80.0 cm³/mol. The van der Waals surface area contributed by atoms with Crippen LogP contribution in [0, 0.1) is 0 Å². The molecule has 2 atom stereocenters. The summed E-state index contributed by atoms with van der Waals surface area (Å²) in [4.78, 5) is 0. The van der Waals surface area contributed by atoms with Gasteiger partial charge in [-0.2, -0.15) is 0 Å². The highest BCUT2D eigenvalue weighted by Crippen LogP contribution is 2.57. The molecule has 0 radical (unpaired) electrons. The van der Waals surface area contributed by atoms with Gasteiger partial charge in [0.15, 0.2) is 34.7 Å². The van der Waals surface area contributed by atoms with Gasteiger partial charge in [-0.05, 0) is 12.1 Å². The summed E-state index contributed by atoms with van der Waals surface area (Å²) in [6.45, 7) is 0.152. The van der Waals surface area contributed by atoms with Crippen molar-refractivity contribution in [2.75, 3.05) is 20.5 Å². The summed E-state index contributed by atoms with van der Waals surface area (Å²) in [6.07, 6.45) is -0.673. The van der Waals surface area contributed by atoms with E-state index >= 15 is 0 Å². The number of fused-ring (bicyclic) bond motifs is 6. The second-order valence-corrected chi connectivity index (χ2v) is 5.97. The van der Waals surface area contributed by atoms with Crippen LogP contribution in [0.15, 0.2) is 24.3 Å². The number of phenolic OH excluding ortho intramolecular Hbond substituents is 1. The van der Waals surface area contributed by atoms with Crippen molar-refractivity contribution < 1.29 is 33.9 Å². The number of phenols is 1. The first kappa shape index (κ1) is 13.6. The van der Waals surface area contributed by atoms with E-state index in [-0.39, 0.29) is 24.9 Å². The summed E-state index contributed by atoms with van der Waals surface area (Å²) in [7, 11) is 1.46. The minimum atomic E-state index is -1.36. The summed E-state index contributed by atoms with van der Waals surface area (Å²) < 4.78 is 27.6. The summed E-state index contributed by atoms with van der Waals surface area (Å²) in [6, 6.07) is 6.52. The minimum absolute atomic E-state index is 0.00305. The smallest absolute Gasteiger partial charge is 0.231 e. The van der Waals surface area contributed by atoms with Gasteiger partial charge in [0.05, 0.1) is 7.11 Å². The van der Waals surface area contributed by atoms with Crippen LogP contribution in [0.5, 0.6) is 34.5 Å². The minimum Gasteiger partial charge on any atom is -0.504 e. The molecule has 0 spiro atoms. The quantitative estimate of drug-likeness (QED) is 0.825. The maximum atomic E-state index is 11.2. The molecule has 24 heavy (non-hydrogen) atoms. The van der Waals surface area contributed by atoms with Gasteiger partial charge in [0, 0.05) is 23.3 Å². The average molecular weight is 330 g/mol. The number of rotatable bonds is 1. The SMILES string of the molecule is COc1cc2c(cc1O)OC[C@]1(O)c3cc4c(cc3O[C@@H]21)OCO4. The first-order chi connectivity index (χ1) is 11.6. The van der Waals surface area contributed by atoms with Gasteiger partial charge in [-0.1, -0.05) is 0 Å². The van der Waals surface area contributed by atoms with E-state index in [0.29, 0.717) is 34.1 Å². The van der Waals surface area contributed by atoms with Crippen LogP contribution in [0.25, 0.3) is 0 Å². The molecule has 124 valence electrons. The third-order valence-electron chi connectivity index (χ3n) is 4.66. The van der Waals surface area contributed by atoms with E-state index in [1.807, 2.05) is 0 Å². The average Bonchev–Trinajstić information content (AvgIpc) is 3.14. The molecule has 0 aromatic heterocycles. The predicted octanol–water partition coefficient (Wildman–Crippen LogP) is 1.84. The van der Waals surface area contributed by atoms with Crippen molar-refractivity contribution in [3.05, 3.63) is 35.4 Å². The Morgan fingerprint density at radius 2 is 1.83 bits per heavy atom. The van der Waals surface area contributed by atoms with E-state index in [1.54, 1.807) is 18.2 Å². The second-order valence-electron chi connectivity index (χ2n) is 5.97. The molecule has 0 amide bonds. The lowest BCUT2D eigenvalue weighted by Gasteiger charge is -2.35. The highest BCUT2D eigenvalue weighted by Gasteiger charge is 2.54. The van der Waals surface area contributed by atoms with Crippen LogP contribution < -0.4 is 23.7 Å². The van der Waals surface area contributed by atoms with E-state index in [1.165, 1.54) is 13.2 Å². The fourth-order valence-corrected chi connectivity index (χ4v) is 3.45. The summed E-state index contributed by atoms with van der Waals surface area (Å²) in [5.41, 5.74) is -0.156. The van der Waals surface area contributed by atoms with Crippen LogP contribution in [0.2, 0.25) is 0 Å². The number of hydrogen-bond acceptors (Lipinski definition) is 7. The van der Waals surface area contributed by atoms with Gasteiger partial charge in [0.1, 0.15) is 18.1 Å². The standard InChI is InChI=1S/C17H14O7/c1-20-13-2-8-11(4-10(13)18)21-6-17(19)9-3-14-15(23-7-22-14)5-12(9)24-16(8)17/h2-5,16,18-19H,6-7H2,1H3/t16-,17-/m0/s1. The molecule has 0 saturated heterocycles. The number of benzene rings is 2. The third kappa shape index (κ3) is 1.59. The number of hydrogen-bond donors (Lipinski definition) is 2. The Morgan fingerprint density at radius 3 is 2.62 bits per heavy atom. The zero-order chi connectivity index (χ0) is 16.5. The highest BCUT2D eigenvalue weighted by molar-refractivity contribution is 5.60. The molecule has 7 heteroatoms. The normalized spacial score (nSPS) is 25.2. The molecule has 2 aromatic carbocycles. The maximum Gasteiger partial charge on any atom is 0.231 e. The van der Waals surface area contributed by atoms with Crippen LogP contribution in [0.4, 0.5) is 0 Å². The van der Waals surface area contributed by atoms with Crippen molar-refractivity contribution in [3.63, 3.8) is 0 Å². The zero-order valence-corrected chi connectivity index (χ0v) is 12.7. The van der Waals surface area contributed by atoms with Gasteiger partial charge in [-0.3, -0.25) is 0 Å². The van der Waals surface area contributed by atoms with Crippen LogP contribution in [-0.2, 0) is 5.60 Å². The molecular formula is C17H14O7. The largest absolute Gasteiger partial charge is 0.504 e. The van der Waals surface area contributed by atoms with Gasteiger partial charge >= 0.3 is 0 Å². The van der Waals surface area contributed by atoms with E-state index in [9.17, 15) is 10.2 Å². The van der Waals surface area contributed by atoms with Gasteiger partial charge < -0.3 is 33.9 Å². The molecule has 5 rings (SSSR count). The van der Waals surface area contributed by atoms with Crippen LogP contribution in [0.1, 0.15) is 17.2 Å². The van der Waals surface area contributed by atoms with Gasteiger partial charge in [-0.25, -0.2) is 0 Å². The van der Waals surface area contributed by atoms with Gasteiger partial charge in [-0.15, -0.1) is 0 Å². The Balaban J connectivity index is 1.66. The fourth-order valence-electron chi connectivity index (χ4n) is 3.45. The number of methoxy groups -OCH3 is 1. The Morgan fingerprint density at radius 1 is 1.04 bits per heavy atom. The Kier molecular flexibility index (Phi) is 2.49. The molecule has 2 N–H and O–H groups in total. The molecule has 0 bridgehead atoms. The van der Waals surface area contributed by atoms with Crippen LogP contribution in [0.3, 0.4) is 0 Å². The molecule has 0 unspecified atom stereocenters. The number of ether oxygens (including phenoxy) is 5. The lowest BCUT2D eigenvalue weighted by molar-refractivity contribution is -0.0865. The number of aromatic hydroxyl groups is 1. The van der Waals surface area contributed by atoms with Gasteiger partial charge in [0.2, 0.25) is 6.79 Å². The summed E-state index contributed by atoms with van der Waals surface area (Å²) in [5, 5.41) is 21.1. The molecule has 0 fully saturated rings. The molecule has 0 aliphatic carbocycles. The van der Waals surface area contributed by atoms with Crippen molar-refractivity contribution in [1.82, 2.24) is 0 Å². The summed E-state index contributed by atoms with van der Waals surface area (Å²) in [5.74, 6) is 2.39. The van der Waals surface area contributed by atoms with Crippen molar-refractivity contribution in [2.45, 2.75) is 11.7 Å². The zero-order valence-electron chi connectivity index (χ0n) is 12.7. The van der Waals surface area contributed by atoms with E-state index in [4.69, 9.17) is 23.7 Å². The Bertz CT molecular complexity index is 863. The van der Waals surface area contributed by atoms with Crippen molar-refractivity contribution in [3.8, 4) is 34.5 Å². The first-order valence-corrected chi connectivity index (χ1v) is 7.47. The Hall–Kier alpha value is -2.80. The molecule has 3 aliphatic heterocycles. The van der Waals surface area contributed by atoms with Crippen molar-refractivity contribution in [2.24, 2.45) is 0 Å². The lowest BCUT2D eigenvalue weighted by atomic mass is 9.84. The number of aliphatic hydroxyl groups is 1. The van der Waals surface area contributed by atoms with Crippen LogP contribution >= 0.6 is 0 Å². The van der Waals surface area contributed by atoms with E-state index in [2.05, 4.69) is 0 Å². The molecule has 3 aliphatic rings. The highest BCUT2D eigenvalue weighted by atomic mass is 16.7. The maximum absolute atomic E-state index is 11.2. The fraction of sp³-hybridized carbons (Fsp3) is 0.294. The molecule has 0 saturated carbocycles. The van der Waals surface area contributed by atoms with Gasteiger partial charge in [0.25, 0.3) is 0 Å². The van der Waals surface area contributed by atoms with Crippen LogP contribution in [-0.4, -0.2) is 30.7 Å². The monoisotopic (exact) mass is 330 g/mol. The molecule has 2 aromatic rings. The summed E-state index contributed by atoms with van der Waals surface area (Å²) >= 11 is 0. The molecule has 7 nitrogen and oxygen atoms in total. The van der Waals surface area contributed by atoms with E-state index in [0.717, 1.165) is 0 Å².